The molecule has 29 heavy (non-hydrogen) atoms. The van der Waals surface area contributed by atoms with Crippen molar-refractivity contribution < 1.29 is 0 Å². The lowest BCUT2D eigenvalue weighted by molar-refractivity contribution is 1.45. The number of nitrogen functional groups attached to an aromatic ring is 1. The minimum atomic E-state index is 0.828. The zero-order valence-corrected chi connectivity index (χ0v) is 18.4. The highest BCUT2D eigenvalue weighted by Crippen LogP contribution is 2.24. The lowest BCUT2D eigenvalue weighted by Gasteiger charge is -2.03. The van der Waals surface area contributed by atoms with Gasteiger partial charge in [0.1, 0.15) is 0 Å². The summed E-state index contributed by atoms with van der Waals surface area (Å²) in [7, 11) is 0. The van der Waals surface area contributed by atoms with Crippen LogP contribution in [0.4, 0.5) is 5.69 Å². The fraction of sp³-hybridized carbons (Fsp3) is 0.111. The average molecular weight is 402 g/mol. The van der Waals surface area contributed by atoms with Crippen LogP contribution in [0.1, 0.15) is 25.0 Å². The third-order valence-corrected chi connectivity index (χ3v) is 4.10. The molecule has 0 saturated heterocycles. The predicted octanol–water partition coefficient (Wildman–Crippen LogP) is 7.97. The van der Waals surface area contributed by atoms with Crippen LogP contribution in [0, 0.1) is 6.92 Å². The number of nitrogens with two attached hydrogens (primary N) is 1. The molecule has 3 aromatic rings. The summed E-state index contributed by atoms with van der Waals surface area (Å²) in [5.74, 6) is 0. The van der Waals surface area contributed by atoms with E-state index < -0.39 is 0 Å². The summed E-state index contributed by atoms with van der Waals surface area (Å²) in [5.41, 5.74) is 12.4. The van der Waals surface area contributed by atoms with E-state index in [1.165, 1.54) is 11.1 Å². The van der Waals surface area contributed by atoms with Crippen molar-refractivity contribution in [1.29, 1.82) is 0 Å². The molecule has 0 unspecified atom stereocenters. The highest BCUT2D eigenvalue weighted by molar-refractivity contribution is 7.83. The molecule has 0 radical (unpaired) electrons. The number of para-hydroxylation sites is 1. The maximum absolute atomic E-state index is 5.85. The monoisotopic (exact) mass is 401 g/mol. The Labute approximate surface area is 181 Å². The molecule has 1 nitrogen and oxygen atoms in total. The van der Waals surface area contributed by atoms with Gasteiger partial charge in [-0.2, -0.15) is 12.6 Å². The van der Waals surface area contributed by atoms with Crippen LogP contribution in [0.3, 0.4) is 0 Å². The molecular formula is C27H31NS. The van der Waals surface area contributed by atoms with Crippen molar-refractivity contribution in [2.24, 2.45) is 0 Å². The van der Waals surface area contributed by atoms with Crippen molar-refractivity contribution in [3.05, 3.63) is 120 Å². The zero-order valence-electron chi connectivity index (χ0n) is 17.5. The van der Waals surface area contributed by atoms with Gasteiger partial charge >= 0.3 is 0 Å². The number of benzene rings is 3. The molecule has 0 fully saturated rings. The Hall–Kier alpha value is -2.97. The largest absolute Gasteiger partial charge is 0.398 e. The van der Waals surface area contributed by atoms with E-state index in [4.69, 9.17) is 5.73 Å². The van der Waals surface area contributed by atoms with Crippen LogP contribution >= 0.6 is 12.6 Å². The van der Waals surface area contributed by atoms with Crippen LogP contribution < -0.4 is 5.73 Å². The molecule has 0 atom stereocenters. The van der Waals surface area contributed by atoms with E-state index in [-0.39, 0.29) is 0 Å². The molecule has 2 N–H and O–H groups in total. The third kappa shape index (κ3) is 8.71. The van der Waals surface area contributed by atoms with Gasteiger partial charge in [0, 0.05) is 11.3 Å². The Morgan fingerprint density at radius 2 is 1.52 bits per heavy atom. The first-order valence-corrected chi connectivity index (χ1v) is 10.3. The molecular weight excluding hydrogens is 370 g/mol. The van der Waals surface area contributed by atoms with Gasteiger partial charge in [0.15, 0.2) is 0 Å². The van der Waals surface area contributed by atoms with E-state index in [0.29, 0.717) is 0 Å². The van der Waals surface area contributed by atoms with E-state index in [0.717, 1.165) is 22.4 Å². The van der Waals surface area contributed by atoms with Gasteiger partial charge in [-0.1, -0.05) is 117 Å². The van der Waals surface area contributed by atoms with Gasteiger partial charge in [0.05, 0.1) is 0 Å². The summed E-state index contributed by atoms with van der Waals surface area (Å²) in [6, 6.07) is 26.4. The molecule has 0 saturated carbocycles. The topological polar surface area (TPSA) is 26.0 Å². The van der Waals surface area contributed by atoms with Crippen molar-refractivity contribution >= 4 is 23.9 Å². The van der Waals surface area contributed by atoms with E-state index in [2.05, 4.69) is 56.5 Å². The quantitative estimate of drug-likeness (QED) is 0.259. The number of hydrogen-bond donors (Lipinski definition) is 2. The van der Waals surface area contributed by atoms with Crippen LogP contribution in [-0.4, -0.2) is 0 Å². The molecule has 2 heteroatoms. The summed E-state index contributed by atoms with van der Waals surface area (Å²) < 4.78 is 0. The zero-order chi connectivity index (χ0) is 21.5. The Balaban J connectivity index is 0.000000268. The summed E-state index contributed by atoms with van der Waals surface area (Å²) in [6.07, 6.45) is 5.77. The predicted molar refractivity (Wildman–Crippen MR) is 135 cm³/mol. The van der Waals surface area contributed by atoms with Crippen LogP contribution in [0.5, 0.6) is 0 Å². The number of rotatable bonds is 4. The molecule has 0 aliphatic heterocycles. The van der Waals surface area contributed by atoms with E-state index in [1.807, 2.05) is 80.6 Å². The molecule has 3 aromatic carbocycles. The lowest BCUT2D eigenvalue weighted by Crippen LogP contribution is -1.88. The molecule has 150 valence electrons. The Bertz CT molecular complexity index is 924. The van der Waals surface area contributed by atoms with Gasteiger partial charge in [-0.15, -0.1) is 0 Å². The molecule has 3 rings (SSSR count). The SMILES string of the molecule is C=C(/C=C\C=C/S)c1cccc(C)c1.CC.Nc1ccccc1-c1ccccc1. The van der Waals surface area contributed by atoms with Crippen molar-refractivity contribution in [2.75, 3.05) is 5.73 Å². The van der Waals surface area contributed by atoms with E-state index >= 15 is 0 Å². The molecule has 0 amide bonds. The van der Waals surface area contributed by atoms with E-state index in [9.17, 15) is 0 Å². The first-order valence-electron chi connectivity index (χ1n) is 9.75. The van der Waals surface area contributed by atoms with Crippen LogP contribution in [0.15, 0.2) is 109 Å². The second kappa shape index (κ2) is 14.1. The van der Waals surface area contributed by atoms with Crippen molar-refractivity contribution in [2.45, 2.75) is 20.8 Å². The first-order chi connectivity index (χ1) is 14.1. The molecule has 0 spiro atoms. The number of thiol groups is 1. The highest BCUT2D eigenvalue weighted by atomic mass is 32.1. The Morgan fingerprint density at radius 3 is 2.14 bits per heavy atom. The summed E-state index contributed by atoms with van der Waals surface area (Å²) in [6.45, 7) is 10.1. The fourth-order valence-electron chi connectivity index (χ4n) is 2.54. The minimum absolute atomic E-state index is 0.828. The van der Waals surface area contributed by atoms with Gasteiger partial charge in [0.2, 0.25) is 0 Å². The first kappa shape index (κ1) is 24.1. The Kier molecular flexibility index (Phi) is 11.7. The second-order valence-electron chi connectivity index (χ2n) is 6.05. The summed E-state index contributed by atoms with van der Waals surface area (Å²) in [4.78, 5) is 0. The van der Waals surface area contributed by atoms with Gasteiger partial charge < -0.3 is 5.73 Å². The van der Waals surface area contributed by atoms with Crippen LogP contribution in [0.25, 0.3) is 16.7 Å². The second-order valence-corrected chi connectivity index (χ2v) is 6.35. The lowest BCUT2D eigenvalue weighted by atomic mass is 10.0. The number of anilines is 1. The third-order valence-electron chi connectivity index (χ3n) is 3.93. The minimum Gasteiger partial charge on any atom is -0.398 e. The van der Waals surface area contributed by atoms with Gasteiger partial charge in [-0.3, -0.25) is 0 Å². The smallest absolute Gasteiger partial charge is 0.0393 e. The summed E-state index contributed by atoms with van der Waals surface area (Å²) in [5, 5.41) is 1.69. The normalized spacial score (nSPS) is 10.1. The summed E-state index contributed by atoms with van der Waals surface area (Å²) >= 11 is 3.97. The number of hydrogen-bond acceptors (Lipinski definition) is 2. The molecule has 0 heterocycles. The van der Waals surface area contributed by atoms with Crippen molar-refractivity contribution in [1.82, 2.24) is 0 Å². The number of aryl methyl sites for hydroxylation is 1. The molecule has 0 aliphatic carbocycles. The molecule has 0 bridgehead atoms. The maximum atomic E-state index is 5.85. The van der Waals surface area contributed by atoms with Gasteiger partial charge in [0.25, 0.3) is 0 Å². The van der Waals surface area contributed by atoms with Crippen molar-refractivity contribution in [3.63, 3.8) is 0 Å². The maximum Gasteiger partial charge on any atom is 0.0393 e. The standard InChI is InChI=1S/C13H14S.C12H11N.C2H6/c1-11-6-5-8-13(10-11)12(2)7-3-4-9-14;13-12-9-5-4-8-11(12)10-6-2-1-3-7-10;1-2/h3-10,14H,2H2,1H3;1-9H,13H2;1-2H3/b7-3-,9-4-;;. The van der Waals surface area contributed by atoms with Gasteiger partial charge in [-0.25, -0.2) is 0 Å². The number of allylic oxidation sites excluding steroid dienone is 4. The molecule has 0 aromatic heterocycles. The average Bonchev–Trinajstić information content (AvgIpc) is 2.77. The Morgan fingerprint density at radius 1 is 0.862 bits per heavy atom. The highest BCUT2D eigenvalue weighted by Gasteiger charge is 1.98. The van der Waals surface area contributed by atoms with E-state index in [1.54, 1.807) is 5.41 Å². The van der Waals surface area contributed by atoms with Crippen LogP contribution in [0.2, 0.25) is 0 Å². The van der Waals surface area contributed by atoms with Crippen LogP contribution in [-0.2, 0) is 0 Å². The molecule has 0 aliphatic rings. The fourth-order valence-corrected chi connectivity index (χ4v) is 2.64. The van der Waals surface area contributed by atoms with Gasteiger partial charge in [-0.05, 0) is 35.1 Å². The van der Waals surface area contributed by atoms with Crippen molar-refractivity contribution in [3.8, 4) is 11.1 Å².